The Morgan fingerprint density at radius 2 is 2.00 bits per heavy atom. The lowest BCUT2D eigenvalue weighted by Crippen LogP contribution is -2.41. The first-order valence-electron chi connectivity index (χ1n) is 5.24. The largest absolute Gasteiger partial charge is 0.390 e. The summed E-state index contributed by atoms with van der Waals surface area (Å²) in [5.41, 5.74) is 6.03. The zero-order valence-corrected chi connectivity index (χ0v) is 8.04. The Labute approximate surface area is 79.3 Å². The van der Waals surface area contributed by atoms with E-state index in [1.807, 2.05) is 0 Å². The molecular formula is C10H19NO2. The van der Waals surface area contributed by atoms with Crippen molar-refractivity contribution >= 4 is 0 Å². The van der Waals surface area contributed by atoms with Gasteiger partial charge in [-0.05, 0) is 24.8 Å². The Balaban J connectivity index is 2.10. The minimum absolute atomic E-state index is 0.190. The second-order valence-electron chi connectivity index (χ2n) is 4.48. The van der Waals surface area contributed by atoms with Crippen molar-refractivity contribution in [3.63, 3.8) is 0 Å². The minimum Gasteiger partial charge on any atom is -0.390 e. The van der Waals surface area contributed by atoms with E-state index in [1.165, 1.54) is 25.7 Å². The van der Waals surface area contributed by atoms with Crippen LogP contribution in [-0.4, -0.2) is 31.0 Å². The van der Waals surface area contributed by atoms with E-state index in [2.05, 4.69) is 0 Å². The van der Waals surface area contributed by atoms with Crippen molar-refractivity contribution in [3.8, 4) is 0 Å². The lowest BCUT2D eigenvalue weighted by Gasteiger charge is -2.34. The first kappa shape index (κ1) is 9.44. The molecule has 1 saturated heterocycles. The Morgan fingerprint density at radius 3 is 2.46 bits per heavy atom. The van der Waals surface area contributed by atoms with Crippen LogP contribution in [0, 0.1) is 11.3 Å². The molecule has 1 aliphatic carbocycles. The number of hydrogen-bond acceptors (Lipinski definition) is 3. The summed E-state index contributed by atoms with van der Waals surface area (Å²) in [6.45, 7) is 1.92. The average molecular weight is 185 g/mol. The van der Waals surface area contributed by atoms with Crippen LogP contribution in [0.1, 0.15) is 25.7 Å². The van der Waals surface area contributed by atoms with E-state index in [0.29, 0.717) is 25.7 Å². The van der Waals surface area contributed by atoms with Crippen molar-refractivity contribution in [2.75, 3.05) is 19.8 Å². The zero-order chi connectivity index (χ0) is 9.31. The Morgan fingerprint density at radius 1 is 1.31 bits per heavy atom. The van der Waals surface area contributed by atoms with Gasteiger partial charge in [-0.1, -0.05) is 12.8 Å². The first-order chi connectivity index (χ1) is 6.28. The number of hydrogen-bond donors (Lipinski definition) is 2. The average Bonchev–Trinajstić information content (AvgIpc) is 2.73. The third-order valence-electron chi connectivity index (χ3n) is 3.84. The van der Waals surface area contributed by atoms with Gasteiger partial charge in [-0.2, -0.15) is 0 Å². The molecule has 2 unspecified atom stereocenters. The monoisotopic (exact) mass is 185 g/mol. The standard InChI is InChI=1S/C10H19NO2/c11-7-10(3-1-2-4-10)8-5-13-6-9(8)12/h8-9,12H,1-7,11H2. The molecule has 0 aromatic heterocycles. The first-order valence-corrected chi connectivity index (χ1v) is 5.24. The third kappa shape index (κ3) is 1.49. The summed E-state index contributed by atoms with van der Waals surface area (Å²) >= 11 is 0. The third-order valence-corrected chi connectivity index (χ3v) is 3.84. The van der Waals surface area contributed by atoms with E-state index in [-0.39, 0.29) is 11.5 Å². The van der Waals surface area contributed by atoms with Gasteiger partial charge in [0.1, 0.15) is 0 Å². The van der Waals surface area contributed by atoms with Gasteiger partial charge in [-0.15, -0.1) is 0 Å². The van der Waals surface area contributed by atoms with E-state index in [4.69, 9.17) is 10.5 Å². The molecule has 0 bridgehead atoms. The lowest BCUT2D eigenvalue weighted by atomic mass is 9.72. The highest BCUT2D eigenvalue weighted by Crippen LogP contribution is 2.46. The van der Waals surface area contributed by atoms with Crippen molar-refractivity contribution in [1.29, 1.82) is 0 Å². The maximum atomic E-state index is 9.77. The lowest BCUT2D eigenvalue weighted by molar-refractivity contribution is 0.0593. The highest BCUT2D eigenvalue weighted by Gasteiger charge is 2.45. The van der Waals surface area contributed by atoms with Gasteiger partial charge in [0.2, 0.25) is 0 Å². The Bertz CT molecular complexity index is 178. The molecule has 76 valence electrons. The number of nitrogens with two attached hydrogens (primary N) is 1. The Hall–Kier alpha value is -0.120. The van der Waals surface area contributed by atoms with Crippen molar-refractivity contribution in [2.45, 2.75) is 31.8 Å². The van der Waals surface area contributed by atoms with Gasteiger partial charge < -0.3 is 15.6 Å². The van der Waals surface area contributed by atoms with Crippen molar-refractivity contribution in [2.24, 2.45) is 17.1 Å². The molecule has 1 heterocycles. The van der Waals surface area contributed by atoms with E-state index >= 15 is 0 Å². The predicted molar refractivity (Wildman–Crippen MR) is 50.3 cm³/mol. The van der Waals surface area contributed by atoms with Gasteiger partial charge >= 0.3 is 0 Å². The molecule has 13 heavy (non-hydrogen) atoms. The van der Waals surface area contributed by atoms with Crippen molar-refractivity contribution in [1.82, 2.24) is 0 Å². The van der Waals surface area contributed by atoms with Crippen molar-refractivity contribution < 1.29 is 9.84 Å². The number of rotatable bonds is 2. The number of ether oxygens (including phenoxy) is 1. The summed E-state index contributed by atoms with van der Waals surface area (Å²) < 4.78 is 5.30. The summed E-state index contributed by atoms with van der Waals surface area (Å²) in [4.78, 5) is 0. The summed E-state index contributed by atoms with van der Waals surface area (Å²) in [6, 6.07) is 0. The van der Waals surface area contributed by atoms with Crippen LogP contribution in [0.15, 0.2) is 0 Å². The summed E-state index contributed by atoms with van der Waals surface area (Å²) in [5.74, 6) is 0.292. The van der Waals surface area contributed by atoms with Crippen LogP contribution < -0.4 is 5.73 Å². The molecule has 2 rings (SSSR count). The van der Waals surface area contributed by atoms with Gasteiger partial charge in [0.25, 0.3) is 0 Å². The van der Waals surface area contributed by atoms with Gasteiger partial charge in [0, 0.05) is 5.92 Å². The fourth-order valence-electron chi connectivity index (χ4n) is 2.93. The topological polar surface area (TPSA) is 55.5 Å². The van der Waals surface area contributed by atoms with E-state index in [1.54, 1.807) is 0 Å². The van der Waals surface area contributed by atoms with Crippen LogP contribution in [0.2, 0.25) is 0 Å². The maximum absolute atomic E-state index is 9.77. The smallest absolute Gasteiger partial charge is 0.0829 e. The maximum Gasteiger partial charge on any atom is 0.0829 e. The quantitative estimate of drug-likeness (QED) is 0.659. The predicted octanol–water partition coefficient (Wildman–Crippen LogP) is 0.513. The number of aliphatic hydroxyl groups is 1. The molecule has 0 aromatic carbocycles. The van der Waals surface area contributed by atoms with Crippen LogP contribution in [0.4, 0.5) is 0 Å². The summed E-state index contributed by atoms with van der Waals surface area (Å²) in [7, 11) is 0. The van der Waals surface area contributed by atoms with E-state index in [9.17, 15) is 5.11 Å². The fourth-order valence-corrected chi connectivity index (χ4v) is 2.93. The fraction of sp³-hybridized carbons (Fsp3) is 1.00. The van der Waals surface area contributed by atoms with Gasteiger partial charge in [-0.3, -0.25) is 0 Å². The molecule has 3 nitrogen and oxygen atoms in total. The molecule has 2 aliphatic rings. The normalized spacial score (nSPS) is 38.3. The molecule has 2 fully saturated rings. The molecular weight excluding hydrogens is 166 g/mol. The molecule has 3 N–H and O–H groups in total. The minimum atomic E-state index is -0.276. The highest BCUT2D eigenvalue weighted by molar-refractivity contribution is 4.96. The molecule has 0 radical (unpaired) electrons. The SMILES string of the molecule is NCC1(C2COCC2O)CCCC1. The molecule has 1 aliphatic heterocycles. The van der Waals surface area contributed by atoms with E-state index in [0.717, 1.165) is 0 Å². The van der Waals surface area contributed by atoms with Crippen LogP contribution in [0.25, 0.3) is 0 Å². The summed E-state index contributed by atoms with van der Waals surface area (Å²) in [5, 5.41) is 9.77. The summed E-state index contributed by atoms with van der Waals surface area (Å²) in [6.07, 6.45) is 4.60. The van der Waals surface area contributed by atoms with Gasteiger partial charge in [-0.25, -0.2) is 0 Å². The molecule has 2 atom stereocenters. The van der Waals surface area contributed by atoms with Gasteiger partial charge in [0.05, 0.1) is 19.3 Å². The van der Waals surface area contributed by atoms with Crippen LogP contribution in [0.5, 0.6) is 0 Å². The van der Waals surface area contributed by atoms with Crippen LogP contribution >= 0.6 is 0 Å². The Kier molecular flexibility index (Phi) is 2.58. The molecule has 0 amide bonds. The van der Waals surface area contributed by atoms with Crippen LogP contribution in [0.3, 0.4) is 0 Å². The number of aliphatic hydroxyl groups excluding tert-OH is 1. The highest BCUT2D eigenvalue weighted by atomic mass is 16.5. The second kappa shape index (κ2) is 3.56. The second-order valence-corrected chi connectivity index (χ2v) is 4.48. The molecule has 1 saturated carbocycles. The zero-order valence-electron chi connectivity index (χ0n) is 8.04. The van der Waals surface area contributed by atoms with Gasteiger partial charge in [0.15, 0.2) is 0 Å². The van der Waals surface area contributed by atoms with Crippen molar-refractivity contribution in [3.05, 3.63) is 0 Å². The molecule has 0 aromatic rings. The molecule has 0 spiro atoms. The molecule has 3 heteroatoms. The van der Waals surface area contributed by atoms with E-state index < -0.39 is 0 Å². The van der Waals surface area contributed by atoms with Crippen LogP contribution in [-0.2, 0) is 4.74 Å².